The molecule has 2 aromatic rings. The third-order valence-electron chi connectivity index (χ3n) is 2.83. The zero-order valence-corrected chi connectivity index (χ0v) is 11.4. The first-order chi connectivity index (χ1) is 9.38. The highest BCUT2D eigenvalue weighted by molar-refractivity contribution is 6.03. The van der Waals surface area contributed by atoms with Crippen molar-refractivity contribution in [1.82, 2.24) is 24.9 Å². The van der Waals surface area contributed by atoms with Crippen LogP contribution in [0.5, 0.6) is 0 Å². The van der Waals surface area contributed by atoms with E-state index in [1.165, 1.54) is 10.9 Å². The molecule has 0 aromatic carbocycles. The summed E-state index contributed by atoms with van der Waals surface area (Å²) >= 11 is 0. The number of rotatable bonds is 4. The van der Waals surface area contributed by atoms with E-state index in [2.05, 4.69) is 15.5 Å². The van der Waals surface area contributed by atoms with Gasteiger partial charge in [0.2, 0.25) is 0 Å². The summed E-state index contributed by atoms with van der Waals surface area (Å²) < 4.78 is 2.95. The van der Waals surface area contributed by atoms with Crippen molar-refractivity contribution in [3.05, 3.63) is 34.9 Å². The second-order valence-electron chi connectivity index (χ2n) is 4.47. The van der Waals surface area contributed by atoms with Crippen molar-refractivity contribution in [1.29, 1.82) is 0 Å². The Hall–Kier alpha value is -2.64. The quantitative estimate of drug-likeness (QED) is 0.824. The number of carboxylic acid groups (broad SMARTS) is 1. The molecule has 0 saturated carbocycles. The van der Waals surface area contributed by atoms with Crippen molar-refractivity contribution in [3.63, 3.8) is 0 Å². The number of nitrogens with one attached hydrogen (secondary N) is 1. The van der Waals surface area contributed by atoms with Gasteiger partial charge in [-0.05, 0) is 6.92 Å². The van der Waals surface area contributed by atoms with Crippen LogP contribution < -0.4 is 5.32 Å². The zero-order valence-electron chi connectivity index (χ0n) is 11.4. The molecule has 0 unspecified atom stereocenters. The van der Waals surface area contributed by atoms with E-state index in [9.17, 15) is 9.59 Å². The molecule has 0 fully saturated rings. The van der Waals surface area contributed by atoms with Gasteiger partial charge in [-0.15, -0.1) is 0 Å². The van der Waals surface area contributed by atoms with E-state index in [1.807, 2.05) is 6.92 Å². The van der Waals surface area contributed by atoms with Crippen molar-refractivity contribution in [2.24, 2.45) is 14.1 Å². The summed E-state index contributed by atoms with van der Waals surface area (Å²) in [5.74, 6) is -1.70. The highest BCUT2D eigenvalue weighted by atomic mass is 16.4. The van der Waals surface area contributed by atoms with Crippen molar-refractivity contribution >= 4 is 11.9 Å². The van der Waals surface area contributed by atoms with E-state index in [0.29, 0.717) is 0 Å². The standard InChI is InChI=1S/C12H15N5O3/c1-7-8(5-16(2)14-7)4-13-11(18)10-9(12(19)20)6-17(3)15-10/h5-6H,4H2,1-3H3,(H,13,18)(H,19,20). The Morgan fingerprint density at radius 2 is 1.90 bits per heavy atom. The Morgan fingerprint density at radius 1 is 1.25 bits per heavy atom. The van der Waals surface area contributed by atoms with Crippen LogP contribution in [-0.4, -0.2) is 36.5 Å². The molecule has 0 aliphatic heterocycles. The predicted octanol–water partition coefficient (Wildman–Crippen LogP) is 0.0902. The number of carbonyl (C=O) groups is 2. The van der Waals surface area contributed by atoms with Crippen LogP contribution in [0.2, 0.25) is 0 Å². The molecule has 0 bridgehead atoms. The van der Waals surface area contributed by atoms with Crippen LogP contribution in [0.25, 0.3) is 0 Å². The maximum absolute atomic E-state index is 12.0. The lowest BCUT2D eigenvalue weighted by molar-refractivity contribution is 0.0691. The molecule has 2 aromatic heterocycles. The molecule has 0 spiro atoms. The van der Waals surface area contributed by atoms with Gasteiger partial charge < -0.3 is 10.4 Å². The lowest BCUT2D eigenvalue weighted by atomic mass is 10.2. The molecule has 1 amide bonds. The van der Waals surface area contributed by atoms with E-state index in [1.54, 1.807) is 25.0 Å². The van der Waals surface area contributed by atoms with Crippen LogP contribution in [-0.2, 0) is 20.6 Å². The summed E-state index contributed by atoms with van der Waals surface area (Å²) in [5, 5.41) is 19.7. The maximum Gasteiger partial charge on any atom is 0.339 e. The SMILES string of the molecule is Cc1nn(C)cc1CNC(=O)c1nn(C)cc1C(=O)O. The van der Waals surface area contributed by atoms with E-state index < -0.39 is 11.9 Å². The third kappa shape index (κ3) is 2.68. The van der Waals surface area contributed by atoms with Gasteiger partial charge in [-0.2, -0.15) is 10.2 Å². The number of aryl methyl sites for hydroxylation is 3. The fourth-order valence-corrected chi connectivity index (χ4v) is 1.89. The van der Waals surface area contributed by atoms with Gasteiger partial charge in [0.05, 0.1) is 5.69 Å². The van der Waals surface area contributed by atoms with Gasteiger partial charge in [0.25, 0.3) is 5.91 Å². The van der Waals surface area contributed by atoms with Crippen molar-refractivity contribution in [2.75, 3.05) is 0 Å². The minimum atomic E-state index is -1.18. The molecular weight excluding hydrogens is 262 g/mol. The van der Waals surface area contributed by atoms with Crippen LogP contribution in [0.1, 0.15) is 32.1 Å². The van der Waals surface area contributed by atoms with E-state index in [4.69, 9.17) is 5.11 Å². The van der Waals surface area contributed by atoms with Crippen molar-refractivity contribution < 1.29 is 14.7 Å². The molecule has 2 rings (SSSR count). The molecular formula is C12H15N5O3. The Morgan fingerprint density at radius 3 is 2.45 bits per heavy atom. The van der Waals surface area contributed by atoms with Crippen molar-refractivity contribution in [2.45, 2.75) is 13.5 Å². The Kier molecular flexibility index (Phi) is 3.55. The van der Waals surface area contributed by atoms with Gasteiger partial charge in [-0.1, -0.05) is 0 Å². The smallest absolute Gasteiger partial charge is 0.339 e. The first-order valence-corrected chi connectivity index (χ1v) is 5.92. The molecule has 8 heteroatoms. The molecule has 0 aliphatic carbocycles. The molecule has 0 radical (unpaired) electrons. The number of hydrogen-bond donors (Lipinski definition) is 2. The van der Waals surface area contributed by atoms with Gasteiger partial charge >= 0.3 is 5.97 Å². The summed E-state index contributed by atoms with van der Waals surface area (Å²) in [5.41, 5.74) is 1.47. The van der Waals surface area contributed by atoms with Gasteiger partial charge in [-0.3, -0.25) is 14.2 Å². The lowest BCUT2D eigenvalue weighted by Crippen LogP contribution is -2.25. The van der Waals surface area contributed by atoms with E-state index in [0.717, 1.165) is 11.3 Å². The van der Waals surface area contributed by atoms with Gasteiger partial charge in [0.15, 0.2) is 5.69 Å². The number of aromatic carboxylic acids is 1. The van der Waals surface area contributed by atoms with Crippen LogP contribution in [0.3, 0.4) is 0 Å². The Labute approximate surface area is 115 Å². The first-order valence-electron chi connectivity index (χ1n) is 5.92. The minimum absolute atomic E-state index is 0.0958. The third-order valence-corrected chi connectivity index (χ3v) is 2.83. The topological polar surface area (TPSA) is 102 Å². The monoisotopic (exact) mass is 277 g/mol. The second-order valence-corrected chi connectivity index (χ2v) is 4.47. The molecule has 20 heavy (non-hydrogen) atoms. The number of carboxylic acids is 1. The molecule has 2 N–H and O–H groups in total. The summed E-state index contributed by atoms with van der Waals surface area (Å²) in [7, 11) is 3.36. The maximum atomic E-state index is 12.0. The van der Waals surface area contributed by atoms with E-state index >= 15 is 0 Å². The Balaban J connectivity index is 2.13. The molecule has 0 atom stereocenters. The first kappa shape index (κ1) is 13.8. The largest absolute Gasteiger partial charge is 0.478 e. The van der Waals surface area contributed by atoms with E-state index in [-0.39, 0.29) is 17.8 Å². The fraction of sp³-hybridized carbons (Fsp3) is 0.333. The molecule has 2 heterocycles. The molecule has 8 nitrogen and oxygen atoms in total. The van der Waals surface area contributed by atoms with Gasteiger partial charge in [0.1, 0.15) is 5.56 Å². The van der Waals surface area contributed by atoms with Crippen LogP contribution >= 0.6 is 0 Å². The average Bonchev–Trinajstić information content (AvgIpc) is 2.89. The molecule has 0 saturated heterocycles. The highest BCUT2D eigenvalue weighted by Gasteiger charge is 2.21. The van der Waals surface area contributed by atoms with Crippen LogP contribution in [0.15, 0.2) is 12.4 Å². The summed E-state index contributed by atoms with van der Waals surface area (Å²) in [6.45, 7) is 2.11. The van der Waals surface area contributed by atoms with Crippen LogP contribution in [0.4, 0.5) is 0 Å². The summed E-state index contributed by atoms with van der Waals surface area (Å²) in [6.07, 6.45) is 3.10. The number of aromatic nitrogens is 4. The predicted molar refractivity (Wildman–Crippen MR) is 69.3 cm³/mol. The second kappa shape index (κ2) is 5.16. The summed E-state index contributed by atoms with van der Waals surface area (Å²) in [6, 6.07) is 0. The summed E-state index contributed by atoms with van der Waals surface area (Å²) in [4.78, 5) is 23.0. The number of nitrogens with zero attached hydrogens (tertiary/aromatic N) is 4. The minimum Gasteiger partial charge on any atom is -0.478 e. The number of amides is 1. The normalized spacial score (nSPS) is 10.6. The lowest BCUT2D eigenvalue weighted by Gasteiger charge is -2.02. The van der Waals surface area contributed by atoms with Crippen molar-refractivity contribution in [3.8, 4) is 0 Å². The molecule has 0 aliphatic rings. The molecule has 106 valence electrons. The van der Waals surface area contributed by atoms with Gasteiger partial charge in [-0.25, -0.2) is 4.79 Å². The average molecular weight is 277 g/mol. The fourth-order valence-electron chi connectivity index (χ4n) is 1.89. The number of carbonyl (C=O) groups excluding carboxylic acids is 1. The zero-order chi connectivity index (χ0) is 14.9. The van der Waals surface area contributed by atoms with Crippen LogP contribution in [0, 0.1) is 6.92 Å². The highest BCUT2D eigenvalue weighted by Crippen LogP contribution is 2.08. The Bertz CT molecular complexity index is 671. The van der Waals surface area contributed by atoms with Gasteiger partial charge in [0, 0.05) is 38.6 Å². The number of hydrogen-bond acceptors (Lipinski definition) is 4.